The van der Waals surface area contributed by atoms with Crippen molar-refractivity contribution in [3.63, 3.8) is 0 Å². The number of hydrogen-bond donors (Lipinski definition) is 0. The van der Waals surface area contributed by atoms with E-state index in [9.17, 15) is 0 Å². The van der Waals surface area contributed by atoms with Gasteiger partial charge in [0.2, 0.25) is 0 Å². The van der Waals surface area contributed by atoms with Gasteiger partial charge in [-0.25, -0.2) is 9.50 Å². The molecule has 15 heavy (non-hydrogen) atoms. The van der Waals surface area contributed by atoms with Crippen LogP contribution in [-0.4, -0.2) is 14.6 Å². The van der Waals surface area contributed by atoms with Crippen LogP contribution in [0.25, 0.3) is 5.65 Å². The summed E-state index contributed by atoms with van der Waals surface area (Å²) >= 11 is 6.14. The van der Waals surface area contributed by atoms with Crippen molar-refractivity contribution in [1.29, 1.82) is 0 Å². The van der Waals surface area contributed by atoms with E-state index in [1.165, 1.54) is 0 Å². The van der Waals surface area contributed by atoms with Crippen molar-refractivity contribution in [3.8, 4) is 0 Å². The quantitative estimate of drug-likeness (QED) is 0.733. The maximum atomic E-state index is 6.14. The number of rotatable bonds is 2. The molecule has 0 saturated heterocycles. The fourth-order valence-electron chi connectivity index (χ4n) is 1.53. The van der Waals surface area contributed by atoms with Gasteiger partial charge in [-0.15, -0.1) is 0 Å². The van der Waals surface area contributed by atoms with Gasteiger partial charge >= 0.3 is 0 Å². The first-order valence-corrected chi connectivity index (χ1v) is 5.54. The highest BCUT2D eigenvalue weighted by atomic mass is 35.5. The summed E-state index contributed by atoms with van der Waals surface area (Å²) < 4.78 is 1.69. The Morgan fingerprint density at radius 3 is 2.80 bits per heavy atom. The summed E-state index contributed by atoms with van der Waals surface area (Å²) in [6.07, 6.45) is 2.76. The lowest BCUT2D eigenvalue weighted by molar-refractivity contribution is 0.808. The lowest BCUT2D eigenvalue weighted by atomic mass is 10.1. The topological polar surface area (TPSA) is 30.2 Å². The number of hydrogen-bond acceptors (Lipinski definition) is 2. The molecule has 0 N–H and O–H groups in total. The van der Waals surface area contributed by atoms with Crippen LogP contribution in [-0.2, 0) is 6.42 Å². The molecule has 0 bridgehead atoms. The molecule has 0 atom stereocenters. The Kier molecular flexibility index (Phi) is 2.65. The third-order valence-corrected chi connectivity index (χ3v) is 2.76. The van der Waals surface area contributed by atoms with Gasteiger partial charge in [0.15, 0.2) is 5.65 Å². The third kappa shape index (κ3) is 1.72. The SMILES string of the molecule is CCc1cnn2c(Cl)cc(C(C)C)nc12. The van der Waals surface area contributed by atoms with Crippen LogP contribution in [0, 0.1) is 0 Å². The van der Waals surface area contributed by atoms with Gasteiger partial charge in [0.25, 0.3) is 0 Å². The Morgan fingerprint density at radius 1 is 1.47 bits per heavy atom. The van der Waals surface area contributed by atoms with Crippen molar-refractivity contribution < 1.29 is 0 Å². The highest BCUT2D eigenvalue weighted by Crippen LogP contribution is 2.20. The number of nitrogens with zero attached hydrogens (tertiary/aromatic N) is 3. The van der Waals surface area contributed by atoms with E-state index in [-0.39, 0.29) is 0 Å². The highest BCUT2D eigenvalue weighted by Gasteiger charge is 2.10. The smallest absolute Gasteiger partial charge is 0.160 e. The Balaban J connectivity index is 2.71. The van der Waals surface area contributed by atoms with E-state index >= 15 is 0 Å². The number of halogens is 1. The van der Waals surface area contributed by atoms with Gasteiger partial charge in [-0.3, -0.25) is 0 Å². The Labute approximate surface area is 94.1 Å². The second kappa shape index (κ2) is 3.81. The zero-order valence-corrected chi connectivity index (χ0v) is 9.91. The van der Waals surface area contributed by atoms with E-state index in [1.807, 2.05) is 12.3 Å². The van der Waals surface area contributed by atoms with Gasteiger partial charge in [-0.2, -0.15) is 5.10 Å². The van der Waals surface area contributed by atoms with Crippen molar-refractivity contribution in [3.05, 3.63) is 28.7 Å². The molecule has 0 aliphatic carbocycles. The largest absolute Gasteiger partial charge is 0.233 e. The molecule has 0 aliphatic heterocycles. The fourth-order valence-corrected chi connectivity index (χ4v) is 1.77. The molecule has 0 amide bonds. The Morgan fingerprint density at radius 2 is 2.20 bits per heavy atom. The van der Waals surface area contributed by atoms with Gasteiger partial charge in [0, 0.05) is 11.3 Å². The molecule has 0 unspecified atom stereocenters. The predicted molar refractivity (Wildman–Crippen MR) is 61.5 cm³/mol. The Hall–Kier alpha value is -1.09. The minimum Gasteiger partial charge on any atom is -0.233 e. The van der Waals surface area contributed by atoms with E-state index in [2.05, 4.69) is 30.9 Å². The molecule has 0 aromatic carbocycles. The summed E-state index contributed by atoms with van der Waals surface area (Å²) in [5, 5.41) is 4.84. The average Bonchev–Trinajstić information content (AvgIpc) is 2.60. The lowest BCUT2D eigenvalue weighted by Gasteiger charge is -2.06. The Bertz CT molecular complexity index is 488. The number of aryl methyl sites for hydroxylation is 1. The van der Waals surface area contributed by atoms with E-state index in [0.717, 1.165) is 23.3 Å². The lowest BCUT2D eigenvalue weighted by Crippen LogP contribution is -1.99. The zero-order valence-electron chi connectivity index (χ0n) is 9.16. The van der Waals surface area contributed by atoms with Gasteiger partial charge in [0.05, 0.1) is 6.20 Å². The molecule has 3 nitrogen and oxygen atoms in total. The molecule has 0 radical (unpaired) electrons. The standard InChI is InChI=1S/C11H14ClN3/c1-4-8-6-13-15-10(12)5-9(7(2)3)14-11(8)15/h5-7H,4H2,1-3H3. The molecular weight excluding hydrogens is 210 g/mol. The van der Waals surface area contributed by atoms with Crippen LogP contribution in [0.1, 0.15) is 37.9 Å². The van der Waals surface area contributed by atoms with Crippen LogP contribution >= 0.6 is 11.6 Å². The summed E-state index contributed by atoms with van der Waals surface area (Å²) in [6.45, 7) is 6.31. The molecule has 80 valence electrons. The van der Waals surface area contributed by atoms with Gasteiger partial charge in [-0.05, 0) is 18.4 Å². The normalized spacial score (nSPS) is 11.5. The summed E-state index contributed by atoms with van der Waals surface area (Å²) in [7, 11) is 0. The average molecular weight is 224 g/mol. The first-order valence-electron chi connectivity index (χ1n) is 5.16. The minimum atomic E-state index is 0.382. The fraction of sp³-hybridized carbons (Fsp3) is 0.455. The monoisotopic (exact) mass is 223 g/mol. The van der Waals surface area contributed by atoms with Crippen LogP contribution in [0.5, 0.6) is 0 Å². The molecule has 2 aromatic heterocycles. The maximum absolute atomic E-state index is 6.14. The van der Waals surface area contributed by atoms with E-state index in [4.69, 9.17) is 11.6 Å². The molecule has 2 rings (SSSR count). The second-order valence-corrected chi connectivity index (χ2v) is 4.30. The van der Waals surface area contributed by atoms with Crippen LogP contribution in [0.4, 0.5) is 0 Å². The number of aromatic nitrogens is 3. The van der Waals surface area contributed by atoms with E-state index in [1.54, 1.807) is 4.52 Å². The number of fused-ring (bicyclic) bond motifs is 1. The molecule has 2 heterocycles. The van der Waals surface area contributed by atoms with Crippen LogP contribution < -0.4 is 0 Å². The summed E-state index contributed by atoms with van der Waals surface area (Å²) in [5.41, 5.74) is 3.04. The highest BCUT2D eigenvalue weighted by molar-refractivity contribution is 6.29. The molecule has 0 aliphatic rings. The summed E-state index contributed by atoms with van der Waals surface area (Å²) in [5.74, 6) is 0.382. The summed E-state index contributed by atoms with van der Waals surface area (Å²) in [4.78, 5) is 4.58. The van der Waals surface area contributed by atoms with Gasteiger partial charge in [-0.1, -0.05) is 32.4 Å². The first kappa shape index (κ1) is 10.4. The second-order valence-electron chi connectivity index (χ2n) is 3.92. The van der Waals surface area contributed by atoms with Crippen molar-refractivity contribution in [2.45, 2.75) is 33.1 Å². The summed E-state index contributed by atoms with van der Waals surface area (Å²) in [6, 6.07) is 1.88. The van der Waals surface area contributed by atoms with Crippen molar-refractivity contribution >= 4 is 17.2 Å². The van der Waals surface area contributed by atoms with Gasteiger partial charge in [0.1, 0.15) is 5.15 Å². The molecule has 0 spiro atoms. The van der Waals surface area contributed by atoms with Crippen LogP contribution in [0.15, 0.2) is 12.3 Å². The van der Waals surface area contributed by atoms with Crippen LogP contribution in [0.2, 0.25) is 5.15 Å². The minimum absolute atomic E-state index is 0.382. The molecule has 4 heteroatoms. The van der Waals surface area contributed by atoms with Crippen molar-refractivity contribution in [1.82, 2.24) is 14.6 Å². The predicted octanol–water partition coefficient (Wildman–Crippen LogP) is 3.07. The molecular formula is C11H14ClN3. The van der Waals surface area contributed by atoms with E-state index < -0.39 is 0 Å². The first-order chi connectivity index (χ1) is 7.13. The maximum Gasteiger partial charge on any atom is 0.160 e. The van der Waals surface area contributed by atoms with Crippen molar-refractivity contribution in [2.24, 2.45) is 0 Å². The van der Waals surface area contributed by atoms with Crippen molar-refractivity contribution in [2.75, 3.05) is 0 Å². The molecule has 0 saturated carbocycles. The van der Waals surface area contributed by atoms with E-state index in [0.29, 0.717) is 11.1 Å². The zero-order chi connectivity index (χ0) is 11.0. The molecule has 0 fully saturated rings. The van der Waals surface area contributed by atoms with Crippen LogP contribution in [0.3, 0.4) is 0 Å². The third-order valence-electron chi connectivity index (χ3n) is 2.49. The molecule has 2 aromatic rings. The van der Waals surface area contributed by atoms with Gasteiger partial charge < -0.3 is 0 Å².